The highest BCUT2D eigenvalue weighted by Crippen LogP contribution is 2.76. The molecule has 33 heavy (non-hydrogen) atoms. The summed E-state index contributed by atoms with van der Waals surface area (Å²) < 4.78 is 0. The lowest BCUT2D eigenvalue weighted by atomic mass is 9.35. The number of allylic oxidation sites excluding steroid dienone is 2. The molecular formula is C30H52O3. The van der Waals surface area contributed by atoms with Crippen molar-refractivity contribution in [2.24, 2.45) is 45.3 Å². The Morgan fingerprint density at radius 3 is 2.21 bits per heavy atom. The number of hydrogen-bond acceptors (Lipinski definition) is 3. The van der Waals surface area contributed by atoms with Crippen LogP contribution in [-0.2, 0) is 0 Å². The summed E-state index contributed by atoms with van der Waals surface area (Å²) in [5.41, 5.74) is 0.683. The first-order valence-corrected chi connectivity index (χ1v) is 13.9. The van der Waals surface area contributed by atoms with Gasteiger partial charge < -0.3 is 15.3 Å². The summed E-state index contributed by atoms with van der Waals surface area (Å²) in [5.74, 6) is 1.07. The van der Waals surface area contributed by atoms with Crippen LogP contribution in [0.15, 0.2) is 11.6 Å². The van der Waals surface area contributed by atoms with Crippen molar-refractivity contribution in [1.82, 2.24) is 0 Å². The zero-order chi connectivity index (χ0) is 24.6. The van der Waals surface area contributed by atoms with Gasteiger partial charge in [0.25, 0.3) is 0 Å². The lowest BCUT2D eigenvalue weighted by molar-refractivity contribution is -0.256. The molecule has 0 aliphatic heterocycles. The highest BCUT2D eigenvalue weighted by Gasteiger charge is 2.73. The van der Waals surface area contributed by atoms with Gasteiger partial charge in [0.15, 0.2) is 0 Å². The van der Waals surface area contributed by atoms with Gasteiger partial charge in [0.2, 0.25) is 0 Å². The number of aliphatic hydroxyl groups is 3. The van der Waals surface area contributed by atoms with Crippen molar-refractivity contribution < 1.29 is 15.3 Å². The van der Waals surface area contributed by atoms with E-state index in [4.69, 9.17) is 0 Å². The molecule has 10 unspecified atom stereocenters. The maximum Gasteiger partial charge on any atom is 0.0731 e. The molecule has 4 rings (SSSR count). The molecule has 0 saturated heterocycles. The zero-order valence-corrected chi connectivity index (χ0v) is 22.7. The third kappa shape index (κ3) is 3.45. The van der Waals surface area contributed by atoms with Gasteiger partial charge in [-0.3, -0.25) is 0 Å². The summed E-state index contributed by atoms with van der Waals surface area (Å²) in [6, 6.07) is 0. The average Bonchev–Trinajstić information content (AvgIpc) is 3.01. The Kier molecular flexibility index (Phi) is 6.28. The zero-order valence-electron chi connectivity index (χ0n) is 22.7. The molecule has 4 aliphatic carbocycles. The number of fused-ring (bicyclic) bond motifs is 5. The van der Waals surface area contributed by atoms with Crippen molar-refractivity contribution in [2.45, 2.75) is 131 Å². The Labute approximate surface area is 203 Å². The van der Waals surface area contributed by atoms with E-state index in [1.165, 1.54) is 5.57 Å². The van der Waals surface area contributed by atoms with Crippen molar-refractivity contribution in [1.29, 1.82) is 0 Å². The monoisotopic (exact) mass is 460 g/mol. The second-order valence-corrected chi connectivity index (χ2v) is 14.4. The van der Waals surface area contributed by atoms with Gasteiger partial charge in [-0.25, -0.2) is 0 Å². The van der Waals surface area contributed by atoms with Crippen molar-refractivity contribution in [2.75, 3.05) is 0 Å². The first-order chi connectivity index (χ1) is 15.1. The molecule has 190 valence electrons. The topological polar surface area (TPSA) is 60.7 Å². The van der Waals surface area contributed by atoms with E-state index in [-0.39, 0.29) is 39.6 Å². The summed E-state index contributed by atoms with van der Waals surface area (Å²) in [4.78, 5) is 0. The molecule has 3 heteroatoms. The van der Waals surface area contributed by atoms with Crippen LogP contribution >= 0.6 is 0 Å². The second-order valence-electron chi connectivity index (χ2n) is 14.4. The normalized spacial score (nSPS) is 51.8. The molecule has 0 spiro atoms. The van der Waals surface area contributed by atoms with Gasteiger partial charge in [-0.15, -0.1) is 0 Å². The summed E-state index contributed by atoms with van der Waals surface area (Å²) in [6.07, 6.45) is 10.4. The largest absolute Gasteiger partial charge is 0.393 e. The van der Waals surface area contributed by atoms with E-state index < -0.39 is 11.7 Å². The number of hydrogen-bond donors (Lipinski definition) is 3. The molecule has 0 aromatic carbocycles. The Balaban J connectivity index is 1.67. The molecule has 0 aromatic rings. The van der Waals surface area contributed by atoms with Crippen LogP contribution in [0.25, 0.3) is 0 Å². The minimum Gasteiger partial charge on any atom is -0.393 e. The molecule has 4 fully saturated rings. The van der Waals surface area contributed by atoms with Crippen LogP contribution in [0.1, 0.15) is 113 Å². The predicted octanol–water partition coefficient (Wildman–Crippen LogP) is 6.50. The SMILES string of the molecule is CC(C)=CCCC(C)C1(O)CCC2(C)C1C(O)CC1C3(C)CCC(O)C(C)(C)C3CCC12C. The van der Waals surface area contributed by atoms with E-state index in [1.54, 1.807) is 0 Å². The van der Waals surface area contributed by atoms with Gasteiger partial charge in [0, 0.05) is 5.92 Å². The first kappa shape index (κ1) is 25.7. The van der Waals surface area contributed by atoms with E-state index in [0.717, 1.165) is 57.8 Å². The fourth-order valence-electron chi connectivity index (χ4n) is 10.3. The Bertz CT molecular complexity index is 783. The molecule has 0 radical (unpaired) electrons. The minimum absolute atomic E-state index is 0.0460. The number of aliphatic hydroxyl groups excluding tert-OH is 2. The predicted molar refractivity (Wildman–Crippen MR) is 136 cm³/mol. The van der Waals surface area contributed by atoms with Gasteiger partial charge in [-0.05, 0) is 111 Å². The molecule has 3 N–H and O–H groups in total. The highest BCUT2D eigenvalue weighted by atomic mass is 16.3. The molecule has 3 nitrogen and oxygen atoms in total. The fourth-order valence-corrected chi connectivity index (χ4v) is 10.3. The lowest BCUT2D eigenvalue weighted by Crippen LogP contribution is -2.67. The summed E-state index contributed by atoms with van der Waals surface area (Å²) >= 11 is 0. The van der Waals surface area contributed by atoms with E-state index in [1.807, 2.05) is 0 Å². The van der Waals surface area contributed by atoms with E-state index in [0.29, 0.717) is 11.8 Å². The van der Waals surface area contributed by atoms with Gasteiger partial charge in [-0.1, -0.05) is 53.2 Å². The molecular weight excluding hydrogens is 408 g/mol. The third-order valence-electron chi connectivity index (χ3n) is 12.5. The maximum atomic E-state index is 12.2. The molecule has 4 saturated carbocycles. The molecule has 4 aliphatic rings. The van der Waals surface area contributed by atoms with Gasteiger partial charge in [0.1, 0.15) is 0 Å². The Hall–Kier alpha value is -0.380. The van der Waals surface area contributed by atoms with Crippen LogP contribution in [0.5, 0.6) is 0 Å². The quantitative estimate of drug-likeness (QED) is 0.420. The van der Waals surface area contributed by atoms with Crippen LogP contribution in [-0.4, -0.2) is 33.1 Å². The average molecular weight is 461 g/mol. The van der Waals surface area contributed by atoms with Gasteiger partial charge in [-0.2, -0.15) is 0 Å². The van der Waals surface area contributed by atoms with Crippen LogP contribution in [0.3, 0.4) is 0 Å². The first-order valence-electron chi connectivity index (χ1n) is 13.9. The van der Waals surface area contributed by atoms with Crippen molar-refractivity contribution in [3.05, 3.63) is 11.6 Å². The molecule has 0 amide bonds. The summed E-state index contributed by atoms with van der Waals surface area (Å²) in [6.45, 7) is 18.4. The molecule has 0 heterocycles. The van der Waals surface area contributed by atoms with Gasteiger partial charge >= 0.3 is 0 Å². The van der Waals surface area contributed by atoms with E-state index in [9.17, 15) is 15.3 Å². The molecule has 0 bridgehead atoms. The Morgan fingerprint density at radius 1 is 0.909 bits per heavy atom. The molecule has 10 atom stereocenters. The van der Waals surface area contributed by atoms with Crippen molar-refractivity contribution >= 4 is 0 Å². The van der Waals surface area contributed by atoms with Crippen molar-refractivity contribution in [3.63, 3.8) is 0 Å². The highest BCUT2D eigenvalue weighted by molar-refractivity contribution is 5.22. The smallest absolute Gasteiger partial charge is 0.0731 e. The summed E-state index contributed by atoms with van der Waals surface area (Å²) in [7, 11) is 0. The van der Waals surface area contributed by atoms with E-state index in [2.05, 4.69) is 61.5 Å². The third-order valence-corrected chi connectivity index (χ3v) is 12.5. The van der Waals surface area contributed by atoms with Crippen molar-refractivity contribution in [3.8, 4) is 0 Å². The maximum absolute atomic E-state index is 12.2. The molecule has 0 aromatic heterocycles. The second kappa shape index (κ2) is 8.07. The minimum atomic E-state index is -0.780. The van der Waals surface area contributed by atoms with Crippen LogP contribution < -0.4 is 0 Å². The Morgan fingerprint density at radius 2 is 1.58 bits per heavy atom. The standard InChI is InChI=1S/C30H52O3/c1-19(2)10-9-11-20(3)30(33)17-16-29(8)25(30)21(31)18-23-27(6)14-13-24(32)26(4,5)22(27)12-15-28(23,29)7/h10,20-25,31-33H,9,11-18H2,1-8H3. The van der Waals surface area contributed by atoms with E-state index >= 15 is 0 Å². The fraction of sp³-hybridized carbons (Fsp3) is 0.933. The van der Waals surface area contributed by atoms with Crippen LogP contribution in [0.4, 0.5) is 0 Å². The van der Waals surface area contributed by atoms with Gasteiger partial charge in [0.05, 0.1) is 17.8 Å². The lowest BCUT2D eigenvalue weighted by Gasteiger charge is -2.70. The van der Waals surface area contributed by atoms with Crippen LogP contribution in [0, 0.1) is 45.3 Å². The summed E-state index contributed by atoms with van der Waals surface area (Å²) in [5, 5.41) is 34.8. The van der Waals surface area contributed by atoms with Crippen LogP contribution in [0.2, 0.25) is 0 Å². The number of rotatable bonds is 4.